The average Bonchev–Trinajstić information content (AvgIpc) is 2.75. The van der Waals surface area contributed by atoms with Crippen LogP contribution < -0.4 is 5.32 Å². The van der Waals surface area contributed by atoms with Crippen LogP contribution in [0.2, 0.25) is 0 Å². The van der Waals surface area contributed by atoms with Crippen LogP contribution in [0, 0.1) is 0 Å². The standard InChI is InChI=1S/C12H24N2S/c1-2-12-4-3-7-14(12)8-5-11-10-15-9-6-13-11/h11-13H,2-10H2,1H3. The van der Waals surface area contributed by atoms with Gasteiger partial charge in [-0.2, -0.15) is 11.8 Å². The van der Waals surface area contributed by atoms with Gasteiger partial charge in [0, 0.05) is 30.1 Å². The molecule has 2 nitrogen and oxygen atoms in total. The Bertz CT molecular complexity index is 180. The van der Waals surface area contributed by atoms with Gasteiger partial charge >= 0.3 is 0 Å². The van der Waals surface area contributed by atoms with Crippen molar-refractivity contribution >= 4 is 11.8 Å². The zero-order valence-electron chi connectivity index (χ0n) is 9.87. The normalized spacial score (nSPS) is 33.4. The molecule has 2 heterocycles. The molecule has 2 fully saturated rings. The van der Waals surface area contributed by atoms with Crippen molar-refractivity contribution in [2.75, 3.05) is 31.1 Å². The van der Waals surface area contributed by atoms with Gasteiger partial charge in [0.2, 0.25) is 0 Å². The van der Waals surface area contributed by atoms with Gasteiger partial charge in [0.15, 0.2) is 0 Å². The van der Waals surface area contributed by atoms with Gasteiger partial charge in [0.1, 0.15) is 0 Å². The van der Waals surface area contributed by atoms with E-state index < -0.39 is 0 Å². The minimum Gasteiger partial charge on any atom is -0.312 e. The van der Waals surface area contributed by atoms with Crippen molar-refractivity contribution in [1.29, 1.82) is 0 Å². The zero-order chi connectivity index (χ0) is 10.5. The Labute approximate surface area is 98.2 Å². The maximum absolute atomic E-state index is 3.63. The molecule has 2 aliphatic rings. The monoisotopic (exact) mass is 228 g/mol. The third kappa shape index (κ3) is 3.36. The van der Waals surface area contributed by atoms with Crippen LogP contribution in [0.15, 0.2) is 0 Å². The van der Waals surface area contributed by atoms with Crippen molar-refractivity contribution in [1.82, 2.24) is 10.2 Å². The fourth-order valence-electron chi connectivity index (χ4n) is 2.78. The average molecular weight is 228 g/mol. The molecule has 88 valence electrons. The lowest BCUT2D eigenvalue weighted by Gasteiger charge is -2.28. The first kappa shape index (κ1) is 11.7. The fourth-order valence-corrected chi connectivity index (χ4v) is 3.78. The molecule has 1 N–H and O–H groups in total. The molecule has 0 bridgehead atoms. The molecule has 2 atom stereocenters. The first-order valence-electron chi connectivity index (χ1n) is 6.45. The van der Waals surface area contributed by atoms with E-state index in [1.807, 2.05) is 0 Å². The van der Waals surface area contributed by atoms with E-state index >= 15 is 0 Å². The first-order chi connectivity index (χ1) is 7.40. The van der Waals surface area contributed by atoms with Gasteiger partial charge < -0.3 is 10.2 Å². The highest BCUT2D eigenvalue weighted by molar-refractivity contribution is 7.99. The largest absolute Gasteiger partial charge is 0.312 e. The van der Waals surface area contributed by atoms with Gasteiger partial charge in [0.25, 0.3) is 0 Å². The Kier molecular flexibility index (Phi) is 4.79. The number of hydrogen-bond acceptors (Lipinski definition) is 3. The third-order valence-electron chi connectivity index (χ3n) is 3.73. The number of rotatable bonds is 4. The summed E-state index contributed by atoms with van der Waals surface area (Å²) in [4.78, 5) is 2.71. The number of likely N-dealkylation sites (tertiary alicyclic amines) is 1. The fraction of sp³-hybridized carbons (Fsp3) is 1.00. The molecule has 0 aromatic heterocycles. The van der Waals surface area contributed by atoms with Crippen LogP contribution >= 0.6 is 11.8 Å². The van der Waals surface area contributed by atoms with Gasteiger partial charge in [-0.25, -0.2) is 0 Å². The van der Waals surface area contributed by atoms with Gasteiger partial charge in [-0.1, -0.05) is 6.92 Å². The lowest BCUT2D eigenvalue weighted by Crippen LogP contribution is -2.41. The molecule has 0 amide bonds. The topological polar surface area (TPSA) is 15.3 Å². The van der Waals surface area contributed by atoms with Crippen LogP contribution in [0.5, 0.6) is 0 Å². The van der Waals surface area contributed by atoms with Crippen LogP contribution in [0.3, 0.4) is 0 Å². The Morgan fingerprint density at radius 1 is 1.47 bits per heavy atom. The van der Waals surface area contributed by atoms with Crippen LogP contribution in [0.25, 0.3) is 0 Å². The molecule has 0 aromatic carbocycles. The number of hydrogen-bond donors (Lipinski definition) is 1. The van der Waals surface area contributed by atoms with E-state index in [1.54, 1.807) is 0 Å². The summed E-state index contributed by atoms with van der Waals surface area (Å²) < 4.78 is 0. The first-order valence-corrected chi connectivity index (χ1v) is 7.61. The van der Waals surface area contributed by atoms with Crippen molar-refractivity contribution in [2.24, 2.45) is 0 Å². The van der Waals surface area contributed by atoms with Crippen LogP contribution in [0.1, 0.15) is 32.6 Å². The summed E-state index contributed by atoms with van der Waals surface area (Å²) in [5.41, 5.74) is 0. The molecule has 0 aliphatic carbocycles. The lowest BCUT2D eigenvalue weighted by molar-refractivity contribution is 0.236. The third-order valence-corrected chi connectivity index (χ3v) is 4.86. The predicted octanol–water partition coefficient (Wildman–Crippen LogP) is 1.96. The summed E-state index contributed by atoms with van der Waals surface area (Å²) in [7, 11) is 0. The van der Waals surface area contributed by atoms with E-state index in [0.717, 1.165) is 12.1 Å². The van der Waals surface area contributed by atoms with Crippen LogP contribution in [-0.4, -0.2) is 48.1 Å². The minimum atomic E-state index is 0.779. The highest BCUT2D eigenvalue weighted by atomic mass is 32.2. The molecule has 0 spiro atoms. The van der Waals surface area contributed by atoms with E-state index in [0.29, 0.717) is 0 Å². The minimum absolute atomic E-state index is 0.779. The molecule has 0 saturated carbocycles. The highest BCUT2D eigenvalue weighted by Crippen LogP contribution is 2.20. The van der Waals surface area contributed by atoms with Crippen LogP contribution in [0.4, 0.5) is 0 Å². The highest BCUT2D eigenvalue weighted by Gasteiger charge is 2.23. The van der Waals surface area contributed by atoms with Gasteiger partial charge in [-0.15, -0.1) is 0 Å². The number of thioether (sulfide) groups is 1. The number of nitrogens with one attached hydrogen (secondary N) is 1. The van der Waals surface area contributed by atoms with E-state index in [4.69, 9.17) is 0 Å². The van der Waals surface area contributed by atoms with Gasteiger partial charge in [-0.3, -0.25) is 0 Å². The van der Waals surface area contributed by atoms with Crippen molar-refractivity contribution in [3.63, 3.8) is 0 Å². The molecular weight excluding hydrogens is 204 g/mol. The molecule has 2 saturated heterocycles. The van der Waals surface area contributed by atoms with Crippen molar-refractivity contribution in [3.8, 4) is 0 Å². The zero-order valence-corrected chi connectivity index (χ0v) is 10.7. The second kappa shape index (κ2) is 6.12. The molecular formula is C12H24N2S. The molecule has 15 heavy (non-hydrogen) atoms. The summed E-state index contributed by atoms with van der Waals surface area (Å²) in [6, 6.07) is 1.67. The Hall–Kier alpha value is 0.270. The van der Waals surface area contributed by atoms with E-state index in [1.165, 1.54) is 56.8 Å². The number of nitrogens with zero attached hydrogens (tertiary/aromatic N) is 1. The Balaban J connectivity index is 1.67. The molecule has 3 heteroatoms. The van der Waals surface area contributed by atoms with Crippen molar-refractivity contribution in [3.05, 3.63) is 0 Å². The Morgan fingerprint density at radius 2 is 2.40 bits per heavy atom. The smallest absolute Gasteiger partial charge is 0.0170 e. The van der Waals surface area contributed by atoms with E-state index in [-0.39, 0.29) is 0 Å². The van der Waals surface area contributed by atoms with Gasteiger partial charge in [-0.05, 0) is 38.8 Å². The van der Waals surface area contributed by atoms with Crippen molar-refractivity contribution in [2.45, 2.75) is 44.7 Å². The van der Waals surface area contributed by atoms with E-state index in [9.17, 15) is 0 Å². The molecule has 2 aliphatic heterocycles. The Morgan fingerprint density at radius 3 is 3.13 bits per heavy atom. The quantitative estimate of drug-likeness (QED) is 0.792. The SMILES string of the molecule is CCC1CCCN1CCC1CSCCN1. The van der Waals surface area contributed by atoms with Gasteiger partial charge in [0.05, 0.1) is 0 Å². The molecule has 0 aromatic rings. The predicted molar refractivity (Wildman–Crippen MR) is 68.6 cm³/mol. The molecule has 2 rings (SSSR count). The van der Waals surface area contributed by atoms with Crippen molar-refractivity contribution < 1.29 is 0 Å². The van der Waals surface area contributed by atoms with E-state index in [2.05, 4.69) is 28.9 Å². The maximum Gasteiger partial charge on any atom is 0.0170 e. The summed E-state index contributed by atoms with van der Waals surface area (Å²) in [6.07, 6.45) is 5.55. The van der Waals surface area contributed by atoms with Crippen LogP contribution in [-0.2, 0) is 0 Å². The maximum atomic E-state index is 3.63. The lowest BCUT2D eigenvalue weighted by atomic mass is 10.1. The summed E-state index contributed by atoms with van der Waals surface area (Å²) in [5, 5.41) is 3.63. The second-order valence-electron chi connectivity index (χ2n) is 4.75. The summed E-state index contributed by atoms with van der Waals surface area (Å²) in [5.74, 6) is 2.63. The molecule has 0 radical (unpaired) electrons. The summed E-state index contributed by atoms with van der Waals surface area (Å²) >= 11 is 2.11. The second-order valence-corrected chi connectivity index (χ2v) is 5.90. The molecule has 2 unspecified atom stereocenters. The summed E-state index contributed by atoms with van der Waals surface area (Å²) in [6.45, 7) is 6.21.